The molecular weight excluding hydrogens is 398 g/mol. The number of carbonyl (C=O) groups excluding carboxylic acids is 2. The fourth-order valence-corrected chi connectivity index (χ4v) is 3.21. The Bertz CT molecular complexity index is 951. The van der Waals surface area contributed by atoms with Crippen molar-refractivity contribution in [3.8, 4) is 17.1 Å². The molecule has 31 heavy (non-hydrogen) atoms. The number of hydrogen-bond acceptors (Lipinski definition) is 7. The molecule has 0 saturated carbocycles. The summed E-state index contributed by atoms with van der Waals surface area (Å²) in [5.74, 6) is 0.159. The zero-order valence-electron chi connectivity index (χ0n) is 17.8. The number of amidine groups is 1. The van der Waals surface area contributed by atoms with Gasteiger partial charge in [-0.15, -0.1) is 0 Å². The summed E-state index contributed by atoms with van der Waals surface area (Å²) in [7, 11) is 0. The summed E-state index contributed by atoms with van der Waals surface area (Å²) in [6.45, 7) is 5.71. The summed E-state index contributed by atoms with van der Waals surface area (Å²) in [6.07, 6.45) is 3.60. The molecule has 1 saturated heterocycles. The number of ether oxygens (including phenoxy) is 2. The molecule has 2 atom stereocenters. The molecule has 9 nitrogen and oxygen atoms in total. The van der Waals surface area contributed by atoms with E-state index in [0.717, 1.165) is 5.56 Å². The van der Waals surface area contributed by atoms with E-state index in [9.17, 15) is 9.59 Å². The van der Waals surface area contributed by atoms with Crippen molar-refractivity contribution in [3.05, 3.63) is 42.2 Å². The van der Waals surface area contributed by atoms with Gasteiger partial charge in [0.25, 0.3) is 0 Å². The fraction of sp³-hybridized carbons (Fsp3) is 0.409. The zero-order chi connectivity index (χ0) is 22.6. The molecule has 1 aromatic heterocycles. The van der Waals surface area contributed by atoms with Crippen LogP contribution in [0.2, 0.25) is 0 Å². The smallest absolute Gasteiger partial charge is 0.307 e. The fourth-order valence-electron chi connectivity index (χ4n) is 3.21. The van der Waals surface area contributed by atoms with Crippen molar-refractivity contribution in [1.82, 2.24) is 15.3 Å². The molecular formula is C22H27N5O4. The lowest BCUT2D eigenvalue weighted by molar-refractivity contribution is -0.156. The van der Waals surface area contributed by atoms with Gasteiger partial charge in [-0.3, -0.25) is 15.0 Å². The Balaban J connectivity index is 1.51. The van der Waals surface area contributed by atoms with Crippen LogP contribution < -0.4 is 15.8 Å². The first-order valence-electron chi connectivity index (χ1n) is 10.0. The monoisotopic (exact) mass is 425 g/mol. The predicted molar refractivity (Wildman–Crippen MR) is 114 cm³/mol. The normalized spacial score (nSPS) is 18.4. The number of amides is 1. The van der Waals surface area contributed by atoms with Crippen LogP contribution in [0.3, 0.4) is 0 Å². The van der Waals surface area contributed by atoms with Crippen molar-refractivity contribution in [2.45, 2.75) is 45.3 Å². The summed E-state index contributed by atoms with van der Waals surface area (Å²) in [5, 5.41) is 10.3. The molecule has 3 rings (SSSR count). The van der Waals surface area contributed by atoms with Gasteiger partial charge in [0.2, 0.25) is 5.91 Å². The van der Waals surface area contributed by atoms with Crippen LogP contribution in [-0.4, -0.2) is 45.9 Å². The van der Waals surface area contributed by atoms with Crippen LogP contribution in [0.4, 0.5) is 0 Å². The van der Waals surface area contributed by atoms with Gasteiger partial charge >= 0.3 is 5.97 Å². The minimum absolute atomic E-state index is 0.0662. The largest absolute Gasteiger partial charge is 0.491 e. The lowest BCUT2D eigenvalue weighted by Gasteiger charge is -2.20. The Morgan fingerprint density at radius 2 is 1.87 bits per heavy atom. The number of nitrogens with one attached hydrogen (secondary N) is 2. The molecule has 0 bridgehead atoms. The number of nitrogens with two attached hydrogens (primary N) is 1. The third-order valence-corrected chi connectivity index (χ3v) is 4.65. The maximum absolute atomic E-state index is 12.2. The average molecular weight is 425 g/mol. The first kappa shape index (κ1) is 22.2. The molecule has 164 valence electrons. The lowest BCUT2D eigenvalue weighted by Crippen LogP contribution is -2.31. The van der Waals surface area contributed by atoms with Crippen molar-refractivity contribution in [3.63, 3.8) is 0 Å². The predicted octanol–water partition coefficient (Wildman–Crippen LogP) is 2.04. The van der Waals surface area contributed by atoms with Crippen LogP contribution in [0.1, 0.15) is 39.2 Å². The summed E-state index contributed by atoms with van der Waals surface area (Å²) in [4.78, 5) is 32.6. The number of carbonyl (C=O) groups is 2. The molecule has 1 amide bonds. The first-order valence-corrected chi connectivity index (χ1v) is 10.0. The first-order chi connectivity index (χ1) is 14.6. The second-order valence-electron chi connectivity index (χ2n) is 8.47. The standard InChI is InChI=1S/C22H27N5O4/c1-22(2,3)31-18(28)9-14-8-16(27-21(14)29)12-30-17-6-4-13(5-7-17)20-25-10-15(11-26-20)19(23)24/h4-7,10-11,14,16H,8-9,12H2,1-3H3,(H3,23,24)(H,27,29)/t14-,16-/m0/s1. The Hall–Kier alpha value is -3.49. The molecule has 1 aliphatic heterocycles. The molecule has 2 heterocycles. The minimum atomic E-state index is -0.568. The molecule has 4 N–H and O–H groups in total. The number of aromatic nitrogens is 2. The molecule has 1 aliphatic rings. The van der Waals surface area contributed by atoms with Gasteiger partial charge in [-0.25, -0.2) is 9.97 Å². The van der Waals surface area contributed by atoms with Crippen molar-refractivity contribution < 1.29 is 19.1 Å². The minimum Gasteiger partial charge on any atom is -0.491 e. The van der Waals surface area contributed by atoms with Crippen LogP contribution in [0.5, 0.6) is 5.75 Å². The van der Waals surface area contributed by atoms with Crippen LogP contribution >= 0.6 is 0 Å². The van der Waals surface area contributed by atoms with Crippen LogP contribution in [0, 0.1) is 11.3 Å². The number of esters is 1. The van der Waals surface area contributed by atoms with Gasteiger partial charge in [0, 0.05) is 18.0 Å². The van der Waals surface area contributed by atoms with Gasteiger partial charge in [0.15, 0.2) is 5.82 Å². The second kappa shape index (κ2) is 9.11. The molecule has 0 radical (unpaired) electrons. The molecule has 9 heteroatoms. The molecule has 0 spiro atoms. The Kier molecular flexibility index (Phi) is 6.53. The molecule has 0 aliphatic carbocycles. The van der Waals surface area contributed by atoms with Crippen LogP contribution in [-0.2, 0) is 14.3 Å². The van der Waals surface area contributed by atoms with Gasteiger partial charge in [0.05, 0.1) is 23.9 Å². The Morgan fingerprint density at radius 1 is 1.23 bits per heavy atom. The summed E-state index contributed by atoms with van der Waals surface area (Å²) in [6, 6.07) is 7.09. The molecule has 0 unspecified atom stereocenters. The van der Waals surface area contributed by atoms with Gasteiger partial charge < -0.3 is 20.5 Å². The highest BCUT2D eigenvalue weighted by Crippen LogP contribution is 2.23. The van der Waals surface area contributed by atoms with E-state index in [-0.39, 0.29) is 30.2 Å². The Labute approximate surface area is 180 Å². The molecule has 2 aromatic rings. The van der Waals surface area contributed by atoms with Crippen LogP contribution in [0.25, 0.3) is 11.4 Å². The lowest BCUT2D eigenvalue weighted by atomic mass is 10.0. The van der Waals surface area contributed by atoms with Crippen molar-refractivity contribution in [2.24, 2.45) is 11.7 Å². The summed E-state index contributed by atoms with van der Waals surface area (Å²) < 4.78 is 11.1. The van der Waals surface area contributed by atoms with Gasteiger partial charge in [-0.2, -0.15) is 0 Å². The van der Waals surface area contributed by atoms with Crippen molar-refractivity contribution in [1.29, 1.82) is 5.41 Å². The molecule has 1 aromatic carbocycles. The van der Waals surface area contributed by atoms with E-state index in [1.807, 2.05) is 12.1 Å². The van der Waals surface area contributed by atoms with Gasteiger partial charge in [-0.05, 0) is 51.5 Å². The van der Waals surface area contributed by atoms with Crippen LogP contribution in [0.15, 0.2) is 36.7 Å². The number of benzene rings is 1. The van der Waals surface area contributed by atoms with Crippen molar-refractivity contribution in [2.75, 3.05) is 6.61 Å². The van der Waals surface area contributed by atoms with Gasteiger partial charge in [-0.1, -0.05) is 0 Å². The van der Waals surface area contributed by atoms with E-state index < -0.39 is 11.5 Å². The van der Waals surface area contributed by atoms with Gasteiger partial charge in [0.1, 0.15) is 23.8 Å². The third kappa shape index (κ3) is 6.24. The van der Waals surface area contributed by atoms with E-state index in [4.69, 9.17) is 20.6 Å². The van der Waals surface area contributed by atoms with E-state index in [0.29, 0.717) is 30.2 Å². The maximum Gasteiger partial charge on any atom is 0.307 e. The third-order valence-electron chi connectivity index (χ3n) is 4.65. The highest BCUT2D eigenvalue weighted by molar-refractivity contribution is 5.94. The summed E-state index contributed by atoms with van der Waals surface area (Å²) in [5.41, 5.74) is 6.11. The highest BCUT2D eigenvalue weighted by Gasteiger charge is 2.35. The summed E-state index contributed by atoms with van der Waals surface area (Å²) >= 11 is 0. The molecule has 1 fully saturated rings. The zero-order valence-corrected chi connectivity index (χ0v) is 17.8. The number of hydrogen-bond donors (Lipinski definition) is 3. The highest BCUT2D eigenvalue weighted by atomic mass is 16.6. The number of nitrogens with zero attached hydrogens (tertiary/aromatic N) is 2. The quantitative estimate of drug-likeness (QED) is 0.350. The maximum atomic E-state index is 12.2. The SMILES string of the molecule is CC(C)(C)OC(=O)C[C@@H]1C[C@@H](COc2ccc(-c3ncc(C(=N)N)cn3)cc2)NC1=O. The van der Waals surface area contributed by atoms with E-state index >= 15 is 0 Å². The number of nitrogen functional groups attached to an aromatic ring is 1. The van der Waals surface area contributed by atoms with E-state index in [1.165, 1.54) is 12.4 Å². The second-order valence-corrected chi connectivity index (χ2v) is 8.47. The van der Waals surface area contributed by atoms with E-state index in [1.54, 1.807) is 32.9 Å². The Morgan fingerprint density at radius 3 is 2.45 bits per heavy atom. The van der Waals surface area contributed by atoms with Crippen molar-refractivity contribution >= 4 is 17.7 Å². The topological polar surface area (TPSA) is 140 Å². The number of rotatable bonds is 7. The average Bonchev–Trinajstić information content (AvgIpc) is 3.04. The van der Waals surface area contributed by atoms with E-state index in [2.05, 4.69) is 15.3 Å².